The third kappa shape index (κ3) is 15.3. The van der Waals surface area contributed by atoms with E-state index in [0.29, 0.717) is 16.7 Å². The van der Waals surface area contributed by atoms with Crippen molar-refractivity contribution >= 4 is 12.0 Å². The summed E-state index contributed by atoms with van der Waals surface area (Å²) in [4.78, 5) is 25.1. The molecule has 1 aromatic carbocycles. The van der Waals surface area contributed by atoms with Crippen molar-refractivity contribution < 1.29 is 18.9 Å². The lowest BCUT2D eigenvalue weighted by atomic mass is 10.0. The molecular weight excluding hydrogens is 488 g/mol. The fourth-order valence-corrected chi connectivity index (χ4v) is 5.23. The van der Waals surface area contributed by atoms with Gasteiger partial charge in [0.2, 0.25) is 0 Å². The van der Waals surface area contributed by atoms with Gasteiger partial charge in [-0.15, -0.1) is 0 Å². The Kier molecular flexibility index (Phi) is 17.6. The Balaban J connectivity index is 1.48. The van der Waals surface area contributed by atoms with E-state index in [1.165, 1.54) is 89.9 Å². The molecule has 0 unspecified atom stereocenters. The second kappa shape index (κ2) is 20.7. The standard InChI is InChI=1S/C32H56N4O3/c1-3-4-5-6-7-8-9-10-11-12-13-14-15-16-17-20-23-34-31(37)30-22-19-18-21-29(30)28-39-32(38)35-36(2)26-24-33-25-27-36/h18-19,21-22,33H,3-17,20,23-28H2,1-2H3,(H-,34,35,37,38)/p+1. The molecule has 1 saturated heterocycles. The summed E-state index contributed by atoms with van der Waals surface area (Å²) in [5.41, 5.74) is 4.23. The van der Waals surface area contributed by atoms with E-state index in [0.717, 1.165) is 44.6 Å². The number of likely N-dealkylation sites (N-methyl/N-ethyl adjacent to an activating group) is 1. The van der Waals surface area contributed by atoms with E-state index < -0.39 is 6.09 Å². The molecule has 2 rings (SSSR count). The van der Waals surface area contributed by atoms with Crippen LogP contribution in [0.2, 0.25) is 0 Å². The maximum absolute atomic E-state index is 12.8. The lowest BCUT2D eigenvalue weighted by Crippen LogP contribution is -2.64. The molecule has 0 spiro atoms. The van der Waals surface area contributed by atoms with Gasteiger partial charge in [0.05, 0.1) is 7.05 Å². The first-order valence-corrected chi connectivity index (χ1v) is 15.9. The van der Waals surface area contributed by atoms with E-state index in [1.807, 2.05) is 25.2 Å². The average molecular weight is 546 g/mol. The minimum Gasteiger partial charge on any atom is -0.442 e. The molecule has 222 valence electrons. The first-order chi connectivity index (χ1) is 19.0. The fourth-order valence-electron chi connectivity index (χ4n) is 5.23. The van der Waals surface area contributed by atoms with Gasteiger partial charge in [-0.05, 0) is 12.5 Å². The smallest absolute Gasteiger partial charge is 0.442 e. The van der Waals surface area contributed by atoms with Gasteiger partial charge in [0, 0.05) is 30.8 Å². The van der Waals surface area contributed by atoms with Crippen molar-refractivity contribution in [2.45, 2.75) is 116 Å². The van der Waals surface area contributed by atoms with Gasteiger partial charge in [-0.2, -0.15) is 5.43 Å². The Bertz CT molecular complexity index is 795. The van der Waals surface area contributed by atoms with Gasteiger partial charge in [-0.25, -0.2) is 9.39 Å². The van der Waals surface area contributed by atoms with Crippen LogP contribution in [0.15, 0.2) is 24.3 Å². The van der Waals surface area contributed by atoms with E-state index in [-0.39, 0.29) is 12.5 Å². The molecule has 0 saturated carbocycles. The van der Waals surface area contributed by atoms with Crippen LogP contribution >= 0.6 is 0 Å². The van der Waals surface area contributed by atoms with Crippen LogP contribution in [0, 0.1) is 0 Å². The quantitative estimate of drug-likeness (QED) is 0.116. The largest absolute Gasteiger partial charge is 0.452 e. The van der Waals surface area contributed by atoms with Crippen LogP contribution < -0.4 is 16.1 Å². The number of benzene rings is 1. The zero-order valence-electron chi connectivity index (χ0n) is 25.0. The molecule has 3 N–H and O–H groups in total. The maximum atomic E-state index is 12.8. The predicted octanol–water partition coefficient (Wildman–Crippen LogP) is 6.87. The fraction of sp³-hybridized carbons (Fsp3) is 0.750. The van der Waals surface area contributed by atoms with E-state index in [2.05, 4.69) is 23.0 Å². The second-order valence-corrected chi connectivity index (χ2v) is 11.5. The number of ether oxygens (including phenoxy) is 1. The number of nitrogens with zero attached hydrogens (tertiary/aromatic N) is 1. The lowest BCUT2D eigenvalue weighted by molar-refractivity contribution is -0.945. The van der Waals surface area contributed by atoms with Gasteiger partial charge in [0.25, 0.3) is 5.91 Å². The molecular formula is C32H57N4O3+. The number of unbranched alkanes of at least 4 members (excludes halogenated alkanes) is 15. The number of hydrogen-bond acceptors (Lipinski definition) is 4. The molecule has 1 aromatic rings. The summed E-state index contributed by atoms with van der Waals surface area (Å²) in [5, 5.41) is 6.33. The Morgan fingerprint density at radius 1 is 0.795 bits per heavy atom. The number of hydrogen-bond donors (Lipinski definition) is 3. The Morgan fingerprint density at radius 2 is 1.31 bits per heavy atom. The number of carbonyl (C=O) groups is 2. The average Bonchev–Trinajstić information content (AvgIpc) is 2.93. The zero-order valence-corrected chi connectivity index (χ0v) is 25.0. The van der Waals surface area contributed by atoms with Gasteiger partial charge in [-0.3, -0.25) is 4.79 Å². The van der Waals surface area contributed by atoms with Crippen LogP contribution in [0.3, 0.4) is 0 Å². The van der Waals surface area contributed by atoms with E-state index in [1.54, 1.807) is 6.07 Å². The van der Waals surface area contributed by atoms with Crippen molar-refractivity contribution in [3.63, 3.8) is 0 Å². The summed E-state index contributed by atoms with van der Waals surface area (Å²) in [6.45, 7) is 6.38. The van der Waals surface area contributed by atoms with E-state index >= 15 is 0 Å². The molecule has 0 radical (unpaired) electrons. The highest BCUT2D eigenvalue weighted by atomic mass is 16.6. The molecule has 0 bridgehead atoms. The first-order valence-electron chi connectivity index (χ1n) is 15.9. The number of nitrogens with one attached hydrogen (secondary N) is 3. The van der Waals surface area contributed by atoms with Gasteiger partial charge in [-0.1, -0.05) is 121 Å². The third-order valence-electron chi connectivity index (χ3n) is 7.86. The van der Waals surface area contributed by atoms with Crippen LogP contribution in [-0.2, 0) is 11.3 Å². The highest BCUT2D eigenvalue weighted by molar-refractivity contribution is 5.95. The molecule has 1 heterocycles. The Labute approximate surface area is 238 Å². The van der Waals surface area contributed by atoms with Crippen molar-refractivity contribution in [3.05, 3.63) is 35.4 Å². The van der Waals surface area contributed by atoms with Crippen LogP contribution in [0.4, 0.5) is 4.79 Å². The SMILES string of the molecule is CCCCCCCCCCCCCCCCCCNC(=O)c1ccccc1COC(=O)N[N+]1(C)CCNCC1. The molecule has 7 heteroatoms. The van der Waals surface area contributed by atoms with Crippen molar-refractivity contribution in [2.24, 2.45) is 0 Å². The topological polar surface area (TPSA) is 79.5 Å². The Morgan fingerprint density at radius 3 is 1.87 bits per heavy atom. The highest BCUT2D eigenvalue weighted by Gasteiger charge is 2.28. The van der Waals surface area contributed by atoms with E-state index in [4.69, 9.17) is 4.74 Å². The summed E-state index contributed by atoms with van der Waals surface area (Å²) < 4.78 is 5.91. The maximum Gasteiger partial charge on any atom is 0.452 e. The molecule has 0 atom stereocenters. The first kappa shape index (κ1) is 33.1. The number of rotatable bonds is 21. The predicted molar refractivity (Wildman–Crippen MR) is 160 cm³/mol. The van der Waals surface area contributed by atoms with Crippen molar-refractivity contribution in [3.8, 4) is 0 Å². The van der Waals surface area contributed by atoms with Crippen LogP contribution in [-0.4, -0.2) is 56.4 Å². The van der Waals surface area contributed by atoms with Crippen molar-refractivity contribution in [2.75, 3.05) is 39.8 Å². The van der Waals surface area contributed by atoms with Gasteiger partial charge in [0.1, 0.15) is 19.7 Å². The summed E-state index contributed by atoms with van der Waals surface area (Å²) in [5.74, 6) is -0.100. The minimum absolute atomic E-state index is 0.0761. The lowest BCUT2D eigenvalue weighted by Gasteiger charge is -2.36. The summed E-state index contributed by atoms with van der Waals surface area (Å²) >= 11 is 0. The third-order valence-corrected chi connectivity index (χ3v) is 7.86. The van der Waals surface area contributed by atoms with Crippen molar-refractivity contribution in [1.82, 2.24) is 16.1 Å². The number of piperazine rings is 1. The molecule has 2 amide bonds. The molecule has 39 heavy (non-hydrogen) atoms. The minimum atomic E-state index is -0.456. The van der Waals surface area contributed by atoms with Crippen LogP contribution in [0.1, 0.15) is 126 Å². The normalized spacial score (nSPS) is 14.6. The molecule has 7 nitrogen and oxygen atoms in total. The second-order valence-electron chi connectivity index (χ2n) is 11.5. The molecule has 1 fully saturated rings. The van der Waals surface area contributed by atoms with Crippen LogP contribution in [0.25, 0.3) is 0 Å². The van der Waals surface area contributed by atoms with Gasteiger partial charge < -0.3 is 15.4 Å². The van der Waals surface area contributed by atoms with Gasteiger partial charge in [0.15, 0.2) is 0 Å². The zero-order chi connectivity index (χ0) is 28.0. The molecule has 0 aromatic heterocycles. The monoisotopic (exact) mass is 545 g/mol. The molecule has 1 aliphatic rings. The molecule has 1 aliphatic heterocycles. The summed E-state index contributed by atoms with van der Waals surface area (Å²) in [6.07, 6.45) is 21.0. The number of quaternary nitrogens is 1. The summed E-state index contributed by atoms with van der Waals surface area (Å²) in [7, 11) is 1.99. The highest BCUT2D eigenvalue weighted by Crippen LogP contribution is 2.14. The molecule has 0 aliphatic carbocycles. The van der Waals surface area contributed by atoms with Gasteiger partial charge >= 0.3 is 6.09 Å². The number of carbonyl (C=O) groups excluding carboxylic acids is 2. The van der Waals surface area contributed by atoms with Crippen molar-refractivity contribution in [1.29, 1.82) is 0 Å². The van der Waals surface area contributed by atoms with Crippen LogP contribution in [0.5, 0.6) is 0 Å². The Hall–Kier alpha value is -2.12. The summed E-state index contributed by atoms with van der Waals surface area (Å²) in [6, 6.07) is 7.36. The number of amides is 2. The van der Waals surface area contributed by atoms with E-state index in [9.17, 15) is 9.59 Å².